The van der Waals surface area contributed by atoms with Crippen molar-refractivity contribution < 1.29 is 64.0 Å². The number of rotatable bonds is 11. The lowest BCUT2D eigenvalue weighted by molar-refractivity contribution is -0.315. The Morgan fingerprint density at radius 1 is 1.10 bits per heavy atom. The number of methoxy groups -OCH3 is 1. The summed E-state index contributed by atoms with van der Waals surface area (Å²) in [5.74, 6) is -3.59. The van der Waals surface area contributed by atoms with Gasteiger partial charge in [0, 0.05) is 24.3 Å². The molecule has 1 aliphatic heterocycles. The zero-order valence-electron chi connectivity index (χ0n) is 21.3. The van der Waals surface area contributed by atoms with Gasteiger partial charge in [0.05, 0.1) is 32.8 Å². The second-order valence-electron chi connectivity index (χ2n) is 9.43. The summed E-state index contributed by atoms with van der Waals surface area (Å²) in [6, 6.07) is 4.20. The number of aliphatic hydroxyl groups is 4. The first-order valence-corrected chi connectivity index (χ1v) is 12.5. The minimum absolute atomic E-state index is 0.0593. The van der Waals surface area contributed by atoms with E-state index in [0.717, 1.165) is 0 Å². The Bertz CT molecular complexity index is 1040. The van der Waals surface area contributed by atoms with Gasteiger partial charge in [-0.25, -0.2) is 4.79 Å². The highest BCUT2D eigenvalue weighted by atomic mass is 16.7. The largest absolute Gasteiger partial charge is 0.504 e. The third kappa shape index (κ3) is 7.32. The predicted molar refractivity (Wildman–Crippen MR) is 130 cm³/mol. The third-order valence-corrected chi connectivity index (χ3v) is 6.99. The monoisotopic (exact) mass is 554 g/mol. The van der Waals surface area contributed by atoms with E-state index in [1.54, 1.807) is 6.07 Å². The fourth-order valence-electron chi connectivity index (χ4n) is 4.85. The van der Waals surface area contributed by atoms with Gasteiger partial charge < -0.3 is 54.4 Å². The van der Waals surface area contributed by atoms with Gasteiger partial charge in [0.1, 0.15) is 30.7 Å². The summed E-state index contributed by atoms with van der Waals surface area (Å²) < 4.78 is 21.5. The zero-order chi connectivity index (χ0) is 28.7. The van der Waals surface area contributed by atoms with Crippen molar-refractivity contribution in [2.24, 2.45) is 11.8 Å². The molecular weight excluding hydrogens is 520 g/mol. The maximum absolute atomic E-state index is 12.8. The number of phenols is 2. The summed E-state index contributed by atoms with van der Waals surface area (Å²) in [7, 11) is 1.18. The van der Waals surface area contributed by atoms with Crippen LogP contribution in [0.25, 0.3) is 0 Å². The lowest BCUT2D eigenvalue weighted by atomic mass is 9.73. The first-order chi connectivity index (χ1) is 18.6. The number of aldehydes is 1. The van der Waals surface area contributed by atoms with Crippen molar-refractivity contribution in [3.05, 3.63) is 35.4 Å². The van der Waals surface area contributed by atoms with Crippen LogP contribution in [0, 0.1) is 11.8 Å². The van der Waals surface area contributed by atoms with Crippen LogP contribution in [-0.4, -0.2) is 106 Å². The van der Waals surface area contributed by atoms with Gasteiger partial charge in [-0.05, 0) is 30.0 Å². The number of phenolic OH excluding ortho intramolecular Hbond substituents is 2. The van der Waals surface area contributed by atoms with E-state index in [4.69, 9.17) is 18.9 Å². The fraction of sp³-hybridized carbons (Fsp3) is 0.577. The Labute approximate surface area is 224 Å². The van der Waals surface area contributed by atoms with Gasteiger partial charge in [0.2, 0.25) is 0 Å². The number of hydrogen-bond acceptors (Lipinski definition) is 13. The molecule has 13 nitrogen and oxygen atoms in total. The molecule has 8 atom stereocenters. The minimum atomic E-state index is -1.67. The number of esters is 2. The smallest absolute Gasteiger partial charge is 0.333 e. The van der Waals surface area contributed by atoms with Gasteiger partial charge in [-0.3, -0.25) is 4.79 Å². The van der Waals surface area contributed by atoms with Gasteiger partial charge in [0.25, 0.3) is 0 Å². The molecule has 0 aromatic heterocycles. The van der Waals surface area contributed by atoms with Crippen molar-refractivity contribution in [3.63, 3.8) is 0 Å². The number of aromatic hydroxyl groups is 2. The number of carbonyl (C=O) groups excluding carboxylic acids is 3. The quantitative estimate of drug-likeness (QED) is 0.111. The lowest BCUT2D eigenvalue weighted by Gasteiger charge is -2.43. The summed E-state index contributed by atoms with van der Waals surface area (Å²) >= 11 is 0. The highest BCUT2D eigenvalue weighted by Crippen LogP contribution is 2.39. The Morgan fingerprint density at radius 3 is 2.49 bits per heavy atom. The molecule has 1 aromatic carbocycles. The van der Waals surface area contributed by atoms with E-state index in [1.165, 1.54) is 25.3 Å². The third-order valence-electron chi connectivity index (χ3n) is 6.99. The highest BCUT2D eigenvalue weighted by Gasteiger charge is 2.47. The lowest BCUT2D eigenvalue weighted by Crippen LogP contribution is -2.60. The maximum Gasteiger partial charge on any atom is 0.333 e. The van der Waals surface area contributed by atoms with Crippen LogP contribution in [0.3, 0.4) is 0 Å². The van der Waals surface area contributed by atoms with Crippen molar-refractivity contribution in [2.45, 2.75) is 62.5 Å². The number of carbonyl (C=O) groups is 3. The fourth-order valence-corrected chi connectivity index (χ4v) is 4.85. The first-order valence-electron chi connectivity index (χ1n) is 12.5. The van der Waals surface area contributed by atoms with E-state index in [0.29, 0.717) is 11.8 Å². The van der Waals surface area contributed by atoms with Crippen LogP contribution in [0.2, 0.25) is 0 Å². The molecule has 13 heteroatoms. The highest BCUT2D eigenvalue weighted by molar-refractivity contribution is 5.90. The Hall–Kier alpha value is -3.07. The van der Waals surface area contributed by atoms with E-state index < -0.39 is 67.2 Å². The molecule has 39 heavy (non-hydrogen) atoms. The molecule has 3 rings (SSSR count). The number of aliphatic hydroxyl groups excluding tert-OH is 4. The van der Waals surface area contributed by atoms with Gasteiger partial charge in [-0.15, -0.1) is 0 Å². The van der Waals surface area contributed by atoms with E-state index in [2.05, 4.69) is 0 Å². The van der Waals surface area contributed by atoms with Crippen LogP contribution in [-0.2, 0) is 39.8 Å². The molecule has 8 unspecified atom stereocenters. The molecule has 0 spiro atoms. The van der Waals surface area contributed by atoms with Gasteiger partial charge in [-0.1, -0.05) is 12.1 Å². The topological polar surface area (TPSA) is 210 Å². The van der Waals surface area contributed by atoms with Crippen LogP contribution in [0.15, 0.2) is 29.8 Å². The second kappa shape index (κ2) is 13.8. The molecule has 1 saturated heterocycles. The predicted octanol–water partition coefficient (Wildman–Crippen LogP) is -0.917. The number of hydrogen-bond donors (Lipinski definition) is 6. The van der Waals surface area contributed by atoms with Crippen LogP contribution in [0.1, 0.15) is 24.8 Å². The molecule has 0 bridgehead atoms. The molecule has 1 aromatic rings. The Kier molecular flexibility index (Phi) is 10.8. The molecule has 1 aliphatic carbocycles. The van der Waals surface area contributed by atoms with Crippen LogP contribution in [0.4, 0.5) is 0 Å². The molecule has 0 radical (unpaired) electrons. The summed E-state index contributed by atoms with van der Waals surface area (Å²) in [5, 5.41) is 59.0. The van der Waals surface area contributed by atoms with Crippen molar-refractivity contribution in [3.8, 4) is 11.5 Å². The van der Waals surface area contributed by atoms with Crippen molar-refractivity contribution in [2.75, 3.05) is 20.3 Å². The minimum Gasteiger partial charge on any atom is -0.504 e. The summed E-state index contributed by atoms with van der Waals surface area (Å²) in [6.07, 6.45) is -6.49. The van der Waals surface area contributed by atoms with Gasteiger partial charge in [-0.2, -0.15) is 0 Å². The molecule has 1 heterocycles. The van der Waals surface area contributed by atoms with Crippen molar-refractivity contribution in [1.82, 2.24) is 0 Å². The summed E-state index contributed by atoms with van der Waals surface area (Å²) in [6.45, 7) is -0.714. The van der Waals surface area contributed by atoms with Crippen LogP contribution in [0.5, 0.6) is 11.5 Å². The average molecular weight is 555 g/mol. The number of ether oxygens (including phenoxy) is 4. The molecule has 216 valence electrons. The first kappa shape index (κ1) is 30.5. The zero-order valence-corrected chi connectivity index (χ0v) is 21.3. The summed E-state index contributed by atoms with van der Waals surface area (Å²) in [5.41, 5.74) is 0.760. The molecule has 6 N–H and O–H groups in total. The van der Waals surface area contributed by atoms with E-state index in [9.17, 15) is 45.0 Å². The second-order valence-corrected chi connectivity index (χ2v) is 9.43. The summed E-state index contributed by atoms with van der Waals surface area (Å²) in [4.78, 5) is 36.9. The maximum atomic E-state index is 12.8. The van der Waals surface area contributed by atoms with Crippen LogP contribution < -0.4 is 0 Å². The Morgan fingerprint density at radius 2 is 1.85 bits per heavy atom. The van der Waals surface area contributed by atoms with E-state index in [1.807, 2.05) is 0 Å². The van der Waals surface area contributed by atoms with Gasteiger partial charge in [0.15, 0.2) is 17.8 Å². The molecule has 1 fully saturated rings. The van der Waals surface area contributed by atoms with Crippen molar-refractivity contribution in [1.29, 1.82) is 0 Å². The SMILES string of the molecule is COC(=O)C1=CCC(OC2OC(CO)C(O)C(O)C2O)C(CC=O)C1CC(=O)OCCc1ccc(O)c(O)c1. The van der Waals surface area contributed by atoms with Crippen LogP contribution >= 0.6 is 0 Å². The number of benzene rings is 1. The van der Waals surface area contributed by atoms with E-state index in [-0.39, 0.29) is 49.4 Å². The standard InChI is InChI=1S/C26H34O13/c1-36-25(35)15-3-5-19(38-26-24(34)23(33)22(32)20(12-28)39-26)14(6-8-27)16(15)11-21(31)37-9-7-13-2-4-17(29)18(30)10-13/h2-4,8,10,14,16,19-20,22-24,26,28-30,32-34H,5-7,9,11-12H2,1H3. The molecule has 0 amide bonds. The average Bonchev–Trinajstić information content (AvgIpc) is 2.92. The Balaban J connectivity index is 1.73. The van der Waals surface area contributed by atoms with E-state index >= 15 is 0 Å². The molecular formula is C26H34O13. The molecule has 0 saturated carbocycles. The molecule has 2 aliphatic rings. The van der Waals surface area contributed by atoms with Gasteiger partial charge >= 0.3 is 11.9 Å². The normalized spacial score (nSPS) is 30.7. The van der Waals surface area contributed by atoms with Crippen molar-refractivity contribution >= 4 is 18.2 Å².